The van der Waals surface area contributed by atoms with Crippen LogP contribution < -0.4 is 5.73 Å². The van der Waals surface area contributed by atoms with Gasteiger partial charge in [-0.2, -0.15) is 4.98 Å². The number of rotatable bonds is 0. The number of nitrogen functional groups attached to an aromatic ring is 1. The highest BCUT2D eigenvalue weighted by Gasteiger charge is 2.07. The van der Waals surface area contributed by atoms with Crippen LogP contribution in [0.15, 0.2) is 17.5 Å². The zero-order valence-corrected chi connectivity index (χ0v) is 8.38. The minimum atomic E-state index is 0.505. The Hall–Kier alpha value is -1.62. The summed E-state index contributed by atoms with van der Waals surface area (Å²) in [5, 5.41) is 3.17. The van der Waals surface area contributed by atoms with Gasteiger partial charge in [-0.3, -0.25) is 0 Å². The minimum absolute atomic E-state index is 0.505. The highest BCUT2D eigenvalue weighted by molar-refractivity contribution is 7.16. The molecule has 0 bridgehead atoms. The lowest BCUT2D eigenvalue weighted by molar-refractivity contribution is 0.966. The average Bonchev–Trinajstić information content (AvgIpc) is 2.70. The molecule has 0 unspecified atom stereocenters. The number of nitrogens with two attached hydrogens (primary N) is 1. The number of hydrogen-bond acceptors (Lipinski definition) is 4. The van der Waals surface area contributed by atoms with Gasteiger partial charge in [-0.15, -0.1) is 11.3 Å². The molecule has 0 amide bonds. The Bertz CT molecular complexity index is 622. The summed E-state index contributed by atoms with van der Waals surface area (Å²) in [5.41, 5.74) is 7.40. The summed E-state index contributed by atoms with van der Waals surface area (Å²) < 4.78 is 1.85. The van der Waals surface area contributed by atoms with Crippen molar-refractivity contribution < 1.29 is 0 Å². The second kappa shape index (κ2) is 2.45. The minimum Gasteiger partial charge on any atom is -0.369 e. The molecule has 3 aromatic rings. The van der Waals surface area contributed by atoms with Crippen LogP contribution >= 0.6 is 11.3 Å². The van der Waals surface area contributed by atoms with Crippen molar-refractivity contribution in [1.82, 2.24) is 14.5 Å². The molecule has 0 aliphatic rings. The van der Waals surface area contributed by atoms with Gasteiger partial charge >= 0.3 is 0 Å². The number of thiophene rings is 1. The zero-order valence-electron chi connectivity index (χ0n) is 7.56. The monoisotopic (exact) mass is 204 g/mol. The van der Waals surface area contributed by atoms with Crippen LogP contribution in [0.25, 0.3) is 21.4 Å². The van der Waals surface area contributed by atoms with Gasteiger partial charge in [-0.1, -0.05) is 0 Å². The van der Waals surface area contributed by atoms with Crippen LogP contribution in [0.4, 0.5) is 5.95 Å². The van der Waals surface area contributed by atoms with E-state index in [-0.39, 0.29) is 0 Å². The van der Waals surface area contributed by atoms with Gasteiger partial charge in [0.1, 0.15) is 4.83 Å². The van der Waals surface area contributed by atoms with Crippen LogP contribution in [0.5, 0.6) is 0 Å². The van der Waals surface area contributed by atoms with Gasteiger partial charge in [0.2, 0.25) is 5.95 Å². The summed E-state index contributed by atoms with van der Waals surface area (Å²) >= 11 is 1.62. The van der Waals surface area contributed by atoms with Crippen molar-refractivity contribution >= 4 is 38.7 Å². The van der Waals surface area contributed by atoms with Crippen molar-refractivity contribution in [2.24, 2.45) is 7.05 Å². The number of fused-ring (bicyclic) bond motifs is 2. The molecule has 70 valence electrons. The van der Waals surface area contributed by atoms with Crippen molar-refractivity contribution in [3.05, 3.63) is 17.5 Å². The van der Waals surface area contributed by atoms with Gasteiger partial charge in [0.15, 0.2) is 5.65 Å². The second-order valence-corrected chi connectivity index (χ2v) is 4.07. The molecule has 2 N–H and O–H groups in total. The number of imidazole rings is 1. The number of aromatic nitrogens is 3. The Morgan fingerprint density at radius 1 is 1.43 bits per heavy atom. The third kappa shape index (κ3) is 0.871. The van der Waals surface area contributed by atoms with Gasteiger partial charge in [-0.05, 0) is 17.5 Å². The van der Waals surface area contributed by atoms with E-state index >= 15 is 0 Å². The molecular weight excluding hydrogens is 196 g/mol. The predicted molar refractivity (Wildman–Crippen MR) is 58.3 cm³/mol. The fourth-order valence-electron chi connectivity index (χ4n) is 1.51. The van der Waals surface area contributed by atoms with Crippen LogP contribution in [-0.2, 0) is 7.05 Å². The zero-order chi connectivity index (χ0) is 9.71. The number of hydrogen-bond donors (Lipinski definition) is 1. The molecule has 4 nitrogen and oxygen atoms in total. The normalized spacial score (nSPS) is 11.5. The first-order valence-electron chi connectivity index (χ1n) is 4.22. The first-order valence-corrected chi connectivity index (χ1v) is 5.10. The lowest BCUT2D eigenvalue weighted by atomic mass is 10.3. The molecule has 3 rings (SSSR count). The summed E-state index contributed by atoms with van der Waals surface area (Å²) in [4.78, 5) is 9.61. The van der Waals surface area contributed by atoms with E-state index in [1.54, 1.807) is 11.3 Å². The Balaban J connectivity index is 2.56. The molecule has 0 atom stereocenters. The van der Waals surface area contributed by atoms with Gasteiger partial charge in [0, 0.05) is 12.4 Å². The largest absolute Gasteiger partial charge is 0.369 e. The van der Waals surface area contributed by atoms with E-state index in [1.807, 2.05) is 17.0 Å². The lowest BCUT2D eigenvalue weighted by Crippen LogP contribution is -1.95. The Morgan fingerprint density at radius 3 is 3.14 bits per heavy atom. The summed E-state index contributed by atoms with van der Waals surface area (Å²) in [7, 11) is 1.89. The number of aryl methyl sites for hydroxylation is 1. The third-order valence-corrected chi connectivity index (χ3v) is 3.15. The van der Waals surface area contributed by atoms with E-state index in [9.17, 15) is 0 Å². The molecule has 0 aliphatic heterocycles. The maximum atomic E-state index is 5.70. The predicted octanol–water partition coefficient (Wildman–Crippen LogP) is 1.77. The molecule has 0 fully saturated rings. The maximum Gasteiger partial charge on any atom is 0.202 e. The summed E-state index contributed by atoms with van der Waals surface area (Å²) in [6.45, 7) is 0. The van der Waals surface area contributed by atoms with Gasteiger partial charge in [0.05, 0.1) is 5.52 Å². The molecule has 14 heavy (non-hydrogen) atoms. The molecule has 0 aliphatic carbocycles. The quantitative estimate of drug-likeness (QED) is 0.607. The van der Waals surface area contributed by atoms with E-state index in [2.05, 4.69) is 22.1 Å². The van der Waals surface area contributed by atoms with Crippen LogP contribution in [0.3, 0.4) is 0 Å². The molecule has 3 aromatic heterocycles. The van der Waals surface area contributed by atoms with Gasteiger partial charge < -0.3 is 10.3 Å². The van der Waals surface area contributed by atoms with Crippen molar-refractivity contribution in [1.29, 1.82) is 0 Å². The molecule has 5 heteroatoms. The molecule has 3 heterocycles. The summed E-state index contributed by atoms with van der Waals surface area (Å²) in [6.07, 6.45) is 0. The van der Waals surface area contributed by atoms with Gasteiger partial charge in [0.25, 0.3) is 0 Å². The van der Waals surface area contributed by atoms with Crippen molar-refractivity contribution in [3.8, 4) is 0 Å². The van der Waals surface area contributed by atoms with Crippen LogP contribution in [-0.4, -0.2) is 14.5 Å². The fraction of sp³-hybridized carbons (Fsp3) is 0.111. The van der Waals surface area contributed by atoms with Crippen LogP contribution in [0.1, 0.15) is 0 Å². The Kier molecular flexibility index (Phi) is 1.36. The molecule has 0 aromatic carbocycles. The Labute approximate surface area is 84.0 Å². The first kappa shape index (κ1) is 7.75. The summed E-state index contributed by atoms with van der Waals surface area (Å²) in [6, 6.07) is 4.12. The van der Waals surface area contributed by atoms with Crippen molar-refractivity contribution in [2.75, 3.05) is 5.73 Å². The molecule has 0 spiro atoms. The lowest BCUT2D eigenvalue weighted by Gasteiger charge is -1.94. The second-order valence-electron chi connectivity index (χ2n) is 3.18. The van der Waals surface area contributed by atoms with Crippen LogP contribution in [0.2, 0.25) is 0 Å². The Morgan fingerprint density at radius 2 is 2.29 bits per heavy atom. The molecule has 0 radical (unpaired) electrons. The van der Waals surface area contributed by atoms with Crippen LogP contribution in [0, 0.1) is 0 Å². The molecular formula is C9H8N4S. The fourth-order valence-corrected chi connectivity index (χ4v) is 2.26. The highest BCUT2D eigenvalue weighted by atomic mass is 32.1. The van der Waals surface area contributed by atoms with Crippen molar-refractivity contribution in [3.63, 3.8) is 0 Å². The van der Waals surface area contributed by atoms with E-state index in [0.29, 0.717) is 5.95 Å². The molecule has 0 saturated heterocycles. The van der Waals surface area contributed by atoms with E-state index < -0.39 is 0 Å². The highest BCUT2D eigenvalue weighted by Crippen LogP contribution is 2.24. The first-order chi connectivity index (χ1) is 6.75. The maximum absolute atomic E-state index is 5.70. The van der Waals surface area contributed by atoms with E-state index in [0.717, 1.165) is 21.4 Å². The van der Waals surface area contributed by atoms with E-state index in [1.165, 1.54) is 0 Å². The standard InChI is InChI=1S/C9H8N4S/c1-13-6-4-5-2-3-14-8(5)11-7(6)12-9(13)10/h2-4H,1H3,(H2,10,11,12). The average molecular weight is 204 g/mol. The third-order valence-electron chi connectivity index (χ3n) is 2.33. The topological polar surface area (TPSA) is 56.7 Å². The summed E-state index contributed by atoms with van der Waals surface area (Å²) in [5.74, 6) is 0.505. The van der Waals surface area contributed by atoms with Crippen molar-refractivity contribution in [2.45, 2.75) is 0 Å². The smallest absolute Gasteiger partial charge is 0.202 e. The number of nitrogens with zero attached hydrogens (tertiary/aromatic N) is 3. The van der Waals surface area contributed by atoms with E-state index in [4.69, 9.17) is 5.73 Å². The number of pyridine rings is 1. The molecule has 0 saturated carbocycles. The number of anilines is 1. The van der Waals surface area contributed by atoms with Gasteiger partial charge in [-0.25, -0.2) is 4.98 Å². The SMILES string of the molecule is Cn1c(N)nc2nc3sccc3cc21.